The van der Waals surface area contributed by atoms with E-state index in [1.54, 1.807) is 18.7 Å². The summed E-state index contributed by atoms with van der Waals surface area (Å²) in [6.45, 7) is 4.59. The van der Waals surface area contributed by atoms with Crippen molar-refractivity contribution in [3.05, 3.63) is 36.9 Å². The van der Waals surface area contributed by atoms with Crippen LogP contribution < -0.4 is 0 Å². The molecule has 2 aromatic rings. The van der Waals surface area contributed by atoms with Gasteiger partial charge in [-0.1, -0.05) is 6.92 Å². The second-order valence-electron chi connectivity index (χ2n) is 7.79. The van der Waals surface area contributed by atoms with Gasteiger partial charge in [0.2, 0.25) is 5.91 Å². The summed E-state index contributed by atoms with van der Waals surface area (Å²) in [6, 6.07) is 0. The van der Waals surface area contributed by atoms with Crippen LogP contribution in [0.4, 0.5) is 0 Å². The molecule has 1 unspecified atom stereocenters. The summed E-state index contributed by atoms with van der Waals surface area (Å²) < 4.78 is 9.63. The van der Waals surface area contributed by atoms with Crippen molar-refractivity contribution in [2.45, 2.75) is 58.2 Å². The Labute approximate surface area is 164 Å². The fourth-order valence-electron chi connectivity index (χ4n) is 4.39. The van der Waals surface area contributed by atoms with Gasteiger partial charge in [-0.3, -0.25) is 9.59 Å². The van der Waals surface area contributed by atoms with Gasteiger partial charge in [0, 0.05) is 63.7 Å². The Kier molecular flexibility index (Phi) is 5.19. The highest BCUT2D eigenvalue weighted by Crippen LogP contribution is 2.43. The summed E-state index contributed by atoms with van der Waals surface area (Å²) in [5.41, 5.74) is -0.429. The number of nitrogens with zero attached hydrogens (tertiary/aromatic N) is 5. The van der Waals surface area contributed by atoms with Gasteiger partial charge in [-0.15, -0.1) is 0 Å². The lowest BCUT2D eigenvalue weighted by molar-refractivity contribution is -0.152. The predicted molar refractivity (Wildman–Crippen MR) is 101 cm³/mol. The molecule has 0 radical (unpaired) electrons. The Balaban J connectivity index is 1.29. The van der Waals surface area contributed by atoms with Crippen molar-refractivity contribution in [2.24, 2.45) is 5.41 Å². The highest BCUT2D eigenvalue weighted by molar-refractivity contribution is 5.80. The van der Waals surface area contributed by atoms with E-state index in [1.807, 2.05) is 26.4 Å². The monoisotopic (exact) mass is 385 g/mol. The van der Waals surface area contributed by atoms with Gasteiger partial charge in [0.05, 0.1) is 18.3 Å². The number of rotatable bonds is 6. The van der Waals surface area contributed by atoms with Gasteiger partial charge >= 0.3 is 5.97 Å². The topological polar surface area (TPSA) is 82.2 Å². The number of piperidine rings is 1. The standard InChI is InChI=1S/C20H27N5O3/c1-2-17-22-7-12-24(17)8-3-18(26)25-9-4-20(5-10-25)13-16(28-19(20)27)14-23-11-6-21-15-23/h6-7,11-12,15-16H,2-5,8-10,13-14H2,1H3. The van der Waals surface area contributed by atoms with Crippen LogP contribution in [0.2, 0.25) is 0 Å². The zero-order valence-electron chi connectivity index (χ0n) is 16.3. The van der Waals surface area contributed by atoms with Gasteiger partial charge in [0.1, 0.15) is 11.9 Å². The largest absolute Gasteiger partial charge is 0.460 e. The molecule has 0 bridgehead atoms. The molecule has 0 saturated carbocycles. The Bertz CT molecular complexity index is 821. The predicted octanol–water partition coefficient (Wildman–Crippen LogP) is 1.66. The number of ether oxygens (including phenoxy) is 1. The average molecular weight is 385 g/mol. The molecule has 1 atom stereocenters. The van der Waals surface area contributed by atoms with Crippen molar-refractivity contribution in [3.8, 4) is 0 Å². The maximum absolute atomic E-state index is 12.6. The summed E-state index contributed by atoms with van der Waals surface area (Å²) in [7, 11) is 0. The van der Waals surface area contributed by atoms with Crippen LogP contribution >= 0.6 is 0 Å². The Hall–Kier alpha value is -2.64. The number of carbonyl (C=O) groups excluding carboxylic acids is 2. The van der Waals surface area contributed by atoms with Gasteiger partial charge in [-0.05, 0) is 12.8 Å². The number of esters is 1. The number of amides is 1. The molecule has 1 spiro atoms. The highest BCUT2D eigenvalue weighted by Gasteiger charge is 2.50. The molecule has 2 aromatic heterocycles. The van der Waals surface area contributed by atoms with Crippen LogP contribution in [0, 0.1) is 5.41 Å². The molecule has 8 nitrogen and oxygen atoms in total. The first-order chi connectivity index (χ1) is 13.6. The van der Waals surface area contributed by atoms with Crippen LogP contribution in [-0.4, -0.2) is 55.1 Å². The molecule has 150 valence electrons. The van der Waals surface area contributed by atoms with Crippen molar-refractivity contribution in [2.75, 3.05) is 13.1 Å². The van der Waals surface area contributed by atoms with Crippen LogP contribution in [0.1, 0.15) is 38.4 Å². The minimum absolute atomic E-state index is 0.101. The van der Waals surface area contributed by atoms with Crippen molar-refractivity contribution >= 4 is 11.9 Å². The van der Waals surface area contributed by atoms with Crippen LogP contribution in [-0.2, 0) is 33.8 Å². The lowest BCUT2D eigenvalue weighted by Gasteiger charge is -2.36. The van der Waals surface area contributed by atoms with Crippen molar-refractivity contribution in [1.82, 2.24) is 24.0 Å². The van der Waals surface area contributed by atoms with Gasteiger partial charge in [-0.2, -0.15) is 0 Å². The second-order valence-corrected chi connectivity index (χ2v) is 7.79. The lowest BCUT2D eigenvalue weighted by Crippen LogP contribution is -2.45. The number of likely N-dealkylation sites (tertiary alicyclic amines) is 1. The number of hydrogen-bond acceptors (Lipinski definition) is 5. The van der Waals surface area contributed by atoms with Crippen LogP contribution in [0.15, 0.2) is 31.1 Å². The number of aromatic nitrogens is 4. The van der Waals surface area contributed by atoms with Crippen LogP contribution in [0.5, 0.6) is 0 Å². The van der Waals surface area contributed by atoms with Crippen molar-refractivity contribution < 1.29 is 14.3 Å². The molecule has 2 saturated heterocycles. The SMILES string of the molecule is CCc1nccn1CCC(=O)N1CCC2(CC1)CC(Cn1ccnc1)OC2=O. The van der Waals surface area contributed by atoms with E-state index in [-0.39, 0.29) is 18.0 Å². The van der Waals surface area contributed by atoms with E-state index in [1.165, 1.54) is 0 Å². The quantitative estimate of drug-likeness (QED) is 0.707. The Morgan fingerprint density at radius 1 is 1.29 bits per heavy atom. The number of cyclic esters (lactones) is 1. The minimum Gasteiger partial charge on any atom is -0.460 e. The molecule has 0 aromatic carbocycles. The molecular weight excluding hydrogens is 358 g/mol. The molecule has 4 heterocycles. The van der Waals surface area contributed by atoms with Crippen LogP contribution in [0.3, 0.4) is 0 Å². The third-order valence-electron chi connectivity index (χ3n) is 6.06. The maximum Gasteiger partial charge on any atom is 0.312 e. The van der Waals surface area contributed by atoms with E-state index in [0.717, 1.165) is 18.7 Å². The molecule has 2 aliphatic heterocycles. The molecule has 0 aliphatic carbocycles. The third kappa shape index (κ3) is 3.68. The van der Waals surface area contributed by atoms with E-state index in [4.69, 9.17) is 4.74 Å². The zero-order chi connectivity index (χ0) is 19.6. The van der Waals surface area contributed by atoms with Gasteiger partial charge in [0.15, 0.2) is 0 Å². The van der Waals surface area contributed by atoms with Gasteiger partial charge in [-0.25, -0.2) is 9.97 Å². The normalized spacial score (nSPS) is 21.2. The molecule has 4 rings (SSSR count). The lowest BCUT2D eigenvalue weighted by atomic mass is 9.76. The maximum atomic E-state index is 12.6. The molecule has 2 fully saturated rings. The second kappa shape index (κ2) is 7.77. The highest BCUT2D eigenvalue weighted by atomic mass is 16.6. The van der Waals surface area contributed by atoms with Crippen LogP contribution in [0.25, 0.3) is 0 Å². The fraction of sp³-hybridized carbons (Fsp3) is 0.600. The number of hydrogen-bond donors (Lipinski definition) is 0. The number of carbonyl (C=O) groups is 2. The smallest absolute Gasteiger partial charge is 0.312 e. The van der Waals surface area contributed by atoms with Gasteiger partial charge < -0.3 is 18.8 Å². The Morgan fingerprint density at radius 3 is 2.82 bits per heavy atom. The Morgan fingerprint density at radius 2 is 2.11 bits per heavy atom. The molecule has 28 heavy (non-hydrogen) atoms. The zero-order valence-corrected chi connectivity index (χ0v) is 16.3. The first-order valence-electron chi connectivity index (χ1n) is 10.0. The third-order valence-corrected chi connectivity index (χ3v) is 6.06. The number of imidazole rings is 2. The molecule has 1 amide bonds. The molecular formula is C20H27N5O3. The van der Waals surface area contributed by atoms with Crippen molar-refractivity contribution in [1.29, 1.82) is 0 Å². The van der Waals surface area contributed by atoms with Crippen molar-refractivity contribution in [3.63, 3.8) is 0 Å². The summed E-state index contributed by atoms with van der Waals surface area (Å²) in [5, 5.41) is 0. The minimum atomic E-state index is -0.429. The molecule has 8 heteroatoms. The first kappa shape index (κ1) is 18.7. The van der Waals surface area contributed by atoms with E-state index in [2.05, 4.69) is 16.9 Å². The summed E-state index contributed by atoms with van der Waals surface area (Å²) in [6.07, 6.45) is 12.3. The van der Waals surface area contributed by atoms with E-state index >= 15 is 0 Å². The molecule has 0 N–H and O–H groups in total. The van der Waals surface area contributed by atoms with E-state index < -0.39 is 5.41 Å². The summed E-state index contributed by atoms with van der Waals surface area (Å²) >= 11 is 0. The molecule has 2 aliphatic rings. The van der Waals surface area contributed by atoms with Gasteiger partial charge in [0.25, 0.3) is 0 Å². The summed E-state index contributed by atoms with van der Waals surface area (Å²) in [4.78, 5) is 35.4. The van der Waals surface area contributed by atoms with E-state index in [0.29, 0.717) is 45.4 Å². The first-order valence-corrected chi connectivity index (χ1v) is 10.0. The summed E-state index contributed by atoms with van der Waals surface area (Å²) in [5.74, 6) is 1.05. The number of aryl methyl sites for hydroxylation is 2. The average Bonchev–Trinajstić information content (AvgIpc) is 3.42. The van der Waals surface area contributed by atoms with E-state index in [9.17, 15) is 9.59 Å². The fourth-order valence-corrected chi connectivity index (χ4v) is 4.39.